The molecule has 0 saturated carbocycles. The predicted octanol–water partition coefficient (Wildman–Crippen LogP) is 2.83. The molecule has 14 heavy (non-hydrogen) atoms. The van der Waals surface area contributed by atoms with Crippen LogP contribution < -0.4 is 0 Å². The number of halogens is 1. The average Bonchev–Trinajstić information content (AvgIpc) is 2.42. The zero-order valence-corrected chi connectivity index (χ0v) is 8.22. The Kier molecular flexibility index (Phi) is 1.97. The van der Waals surface area contributed by atoms with Gasteiger partial charge in [-0.25, -0.2) is 4.79 Å². The number of nitrogens with one attached hydrogen (secondary N) is 1. The maximum absolute atomic E-state index is 10.9. The summed E-state index contributed by atoms with van der Waals surface area (Å²) in [5.74, 6) is -0.973. The van der Waals surface area contributed by atoms with Gasteiger partial charge in [0.05, 0.1) is 11.1 Å². The zero-order chi connectivity index (χ0) is 10.3. The van der Waals surface area contributed by atoms with Crippen LogP contribution in [-0.2, 0) is 0 Å². The van der Waals surface area contributed by atoms with E-state index in [9.17, 15) is 4.79 Å². The molecule has 0 unspecified atom stereocenters. The number of hydrogen-bond acceptors (Lipinski definition) is 1. The van der Waals surface area contributed by atoms with Crippen molar-refractivity contribution in [3.05, 3.63) is 34.5 Å². The summed E-state index contributed by atoms with van der Waals surface area (Å²) in [6.07, 6.45) is 0. The largest absolute Gasteiger partial charge is 0.478 e. The molecule has 72 valence electrons. The van der Waals surface area contributed by atoms with E-state index in [4.69, 9.17) is 16.7 Å². The molecule has 0 aliphatic heterocycles. The number of carboxylic acid groups (broad SMARTS) is 1. The molecule has 2 rings (SSSR count). The van der Waals surface area contributed by atoms with Crippen LogP contribution in [0, 0.1) is 6.92 Å². The smallest absolute Gasteiger partial charge is 0.337 e. The fourth-order valence-corrected chi connectivity index (χ4v) is 1.74. The van der Waals surface area contributed by atoms with Crippen molar-refractivity contribution < 1.29 is 9.90 Å². The highest BCUT2D eigenvalue weighted by Crippen LogP contribution is 2.24. The molecule has 0 amide bonds. The maximum Gasteiger partial charge on any atom is 0.337 e. The molecule has 3 nitrogen and oxygen atoms in total. The summed E-state index contributed by atoms with van der Waals surface area (Å²) in [4.78, 5) is 13.9. The van der Waals surface area contributed by atoms with Crippen molar-refractivity contribution in [2.75, 3.05) is 0 Å². The highest BCUT2D eigenvalue weighted by Gasteiger charge is 2.11. The average molecular weight is 210 g/mol. The molecule has 4 heteroatoms. The van der Waals surface area contributed by atoms with E-state index in [1.165, 1.54) is 6.07 Å². The van der Waals surface area contributed by atoms with Crippen LogP contribution in [0.1, 0.15) is 16.1 Å². The number of fused-ring (bicyclic) bond motifs is 1. The van der Waals surface area contributed by atoms with Gasteiger partial charge in [-0.15, -0.1) is 0 Å². The molecular formula is C10H8ClNO2. The number of carbonyl (C=O) groups is 1. The monoisotopic (exact) mass is 209 g/mol. The summed E-state index contributed by atoms with van der Waals surface area (Å²) >= 11 is 5.80. The van der Waals surface area contributed by atoms with Crippen LogP contribution in [0.2, 0.25) is 5.02 Å². The third-order valence-electron chi connectivity index (χ3n) is 2.06. The van der Waals surface area contributed by atoms with Crippen LogP contribution >= 0.6 is 11.6 Å². The first-order valence-electron chi connectivity index (χ1n) is 4.10. The highest BCUT2D eigenvalue weighted by molar-refractivity contribution is 6.32. The topological polar surface area (TPSA) is 53.1 Å². The van der Waals surface area contributed by atoms with Gasteiger partial charge in [0, 0.05) is 16.1 Å². The summed E-state index contributed by atoms with van der Waals surface area (Å²) in [5.41, 5.74) is 1.75. The van der Waals surface area contributed by atoms with Crippen LogP contribution in [-0.4, -0.2) is 16.1 Å². The van der Waals surface area contributed by atoms with Gasteiger partial charge in [-0.05, 0) is 25.1 Å². The van der Waals surface area contributed by atoms with Crippen molar-refractivity contribution in [1.29, 1.82) is 0 Å². The minimum absolute atomic E-state index is 0.209. The maximum atomic E-state index is 10.9. The molecule has 1 aromatic heterocycles. The second kappa shape index (κ2) is 3.03. The molecule has 0 radical (unpaired) electrons. The van der Waals surface area contributed by atoms with E-state index in [2.05, 4.69) is 4.98 Å². The van der Waals surface area contributed by atoms with Crippen molar-refractivity contribution in [2.45, 2.75) is 6.92 Å². The minimum Gasteiger partial charge on any atom is -0.478 e. The summed E-state index contributed by atoms with van der Waals surface area (Å²) in [5, 5.41) is 10.2. The fraction of sp³-hybridized carbons (Fsp3) is 0.100. The van der Waals surface area contributed by atoms with Crippen molar-refractivity contribution >= 4 is 28.5 Å². The molecule has 2 N–H and O–H groups in total. The second-order valence-corrected chi connectivity index (χ2v) is 3.61. The summed E-state index contributed by atoms with van der Waals surface area (Å²) < 4.78 is 0. The Balaban J connectivity index is 2.85. The van der Waals surface area contributed by atoms with Crippen LogP contribution in [0.4, 0.5) is 0 Å². The first-order chi connectivity index (χ1) is 6.58. The molecular weight excluding hydrogens is 202 g/mol. The van der Waals surface area contributed by atoms with Crippen LogP contribution in [0.15, 0.2) is 18.2 Å². The first kappa shape index (κ1) is 9.09. The zero-order valence-electron chi connectivity index (χ0n) is 7.47. The van der Waals surface area contributed by atoms with Gasteiger partial charge in [0.1, 0.15) is 0 Å². The lowest BCUT2D eigenvalue weighted by molar-refractivity contribution is 0.0699. The number of benzene rings is 1. The molecule has 2 aromatic rings. The Hall–Kier alpha value is -1.48. The number of aromatic nitrogens is 1. The molecule has 1 aromatic carbocycles. The van der Waals surface area contributed by atoms with Crippen LogP contribution in [0.5, 0.6) is 0 Å². The van der Waals surface area contributed by atoms with Gasteiger partial charge in [0.2, 0.25) is 0 Å². The van der Waals surface area contributed by atoms with Gasteiger partial charge in [0.25, 0.3) is 0 Å². The number of rotatable bonds is 1. The van der Waals surface area contributed by atoms with Gasteiger partial charge in [-0.1, -0.05) is 11.6 Å². The molecule has 0 spiro atoms. The van der Waals surface area contributed by atoms with Crippen LogP contribution in [0.25, 0.3) is 10.9 Å². The van der Waals surface area contributed by atoms with E-state index in [-0.39, 0.29) is 5.56 Å². The summed E-state index contributed by atoms with van der Waals surface area (Å²) in [6, 6.07) is 5.06. The quantitative estimate of drug-likeness (QED) is 0.759. The first-order valence-corrected chi connectivity index (χ1v) is 4.48. The van der Waals surface area contributed by atoms with E-state index < -0.39 is 5.97 Å². The molecule has 0 fully saturated rings. The van der Waals surface area contributed by atoms with E-state index in [0.717, 1.165) is 11.1 Å². The lowest BCUT2D eigenvalue weighted by atomic mass is 10.1. The Morgan fingerprint density at radius 2 is 2.14 bits per heavy atom. The second-order valence-electron chi connectivity index (χ2n) is 3.18. The van der Waals surface area contributed by atoms with Gasteiger partial charge >= 0.3 is 5.97 Å². The Morgan fingerprint density at radius 1 is 1.43 bits per heavy atom. The van der Waals surface area contributed by atoms with Gasteiger partial charge in [-0.2, -0.15) is 0 Å². The number of carboxylic acids is 1. The lowest BCUT2D eigenvalue weighted by Crippen LogP contribution is -1.97. The third kappa shape index (κ3) is 1.36. The van der Waals surface area contributed by atoms with Crippen molar-refractivity contribution in [1.82, 2.24) is 4.98 Å². The van der Waals surface area contributed by atoms with Crippen LogP contribution in [0.3, 0.4) is 0 Å². The van der Waals surface area contributed by atoms with E-state index >= 15 is 0 Å². The standard InChI is InChI=1S/C10H8ClNO2/c1-5-2-6-3-7(11)4-8(10(13)14)9(6)12-5/h2-4,12H,1H3,(H,13,14). The Labute approximate surface area is 85.3 Å². The summed E-state index contributed by atoms with van der Waals surface area (Å²) in [6.45, 7) is 1.87. The molecule has 0 aliphatic rings. The molecule has 0 saturated heterocycles. The van der Waals surface area contributed by atoms with E-state index in [0.29, 0.717) is 10.5 Å². The van der Waals surface area contributed by atoms with Gasteiger partial charge in [0.15, 0.2) is 0 Å². The minimum atomic E-state index is -0.973. The Bertz CT molecular complexity index is 516. The van der Waals surface area contributed by atoms with Crippen molar-refractivity contribution in [3.8, 4) is 0 Å². The number of H-pyrrole nitrogens is 1. The number of hydrogen-bond donors (Lipinski definition) is 2. The Morgan fingerprint density at radius 3 is 2.79 bits per heavy atom. The highest BCUT2D eigenvalue weighted by atomic mass is 35.5. The molecule has 0 aliphatic carbocycles. The number of aryl methyl sites for hydroxylation is 1. The lowest BCUT2D eigenvalue weighted by Gasteiger charge is -1.98. The fourth-order valence-electron chi connectivity index (χ4n) is 1.52. The third-order valence-corrected chi connectivity index (χ3v) is 2.28. The van der Waals surface area contributed by atoms with Crippen molar-refractivity contribution in [3.63, 3.8) is 0 Å². The predicted molar refractivity (Wildman–Crippen MR) is 55.0 cm³/mol. The number of aromatic carboxylic acids is 1. The van der Waals surface area contributed by atoms with Crippen molar-refractivity contribution in [2.24, 2.45) is 0 Å². The van der Waals surface area contributed by atoms with Gasteiger partial charge in [-0.3, -0.25) is 0 Å². The molecule has 0 bridgehead atoms. The van der Waals surface area contributed by atoms with E-state index in [1.807, 2.05) is 13.0 Å². The molecule has 0 atom stereocenters. The van der Waals surface area contributed by atoms with Gasteiger partial charge < -0.3 is 10.1 Å². The van der Waals surface area contributed by atoms with E-state index in [1.54, 1.807) is 6.07 Å². The molecule has 1 heterocycles. The summed E-state index contributed by atoms with van der Waals surface area (Å²) in [7, 11) is 0. The number of aromatic amines is 1. The normalized spacial score (nSPS) is 10.7. The SMILES string of the molecule is Cc1cc2cc(Cl)cc(C(=O)O)c2[nH]1.